The summed E-state index contributed by atoms with van der Waals surface area (Å²) in [4.78, 5) is 12.5. The van der Waals surface area contributed by atoms with Crippen LogP contribution in [0.4, 0.5) is 5.69 Å². The molecule has 1 N–H and O–H groups in total. The van der Waals surface area contributed by atoms with Crippen molar-refractivity contribution < 1.29 is 17.9 Å². The second kappa shape index (κ2) is 9.85. The molecule has 1 heterocycles. The number of hydrogen-bond acceptors (Lipinski definition) is 4. The number of nitrogens with one attached hydrogen (secondary N) is 1. The first-order chi connectivity index (χ1) is 14.7. The van der Waals surface area contributed by atoms with Crippen molar-refractivity contribution in [3.05, 3.63) is 58.1 Å². The van der Waals surface area contributed by atoms with E-state index < -0.39 is 10.0 Å². The molecular weight excluding hydrogens is 436 g/mol. The maximum Gasteiger partial charge on any atom is 0.248 e. The van der Waals surface area contributed by atoms with Gasteiger partial charge in [-0.3, -0.25) is 4.79 Å². The van der Waals surface area contributed by atoms with Gasteiger partial charge in [0.2, 0.25) is 15.9 Å². The normalized spacial score (nSPS) is 15.2. The molecular formula is C23H27ClN2O4S. The fraction of sp³-hybridized carbons (Fsp3) is 0.348. The van der Waals surface area contributed by atoms with Crippen LogP contribution in [-0.4, -0.2) is 38.8 Å². The van der Waals surface area contributed by atoms with E-state index in [4.69, 9.17) is 16.3 Å². The highest BCUT2D eigenvalue weighted by Gasteiger charge is 2.29. The van der Waals surface area contributed by atoms with Crippen LogP contribution in [0.25, 0.3) is 6.08 Å². The van der Waals surface area contributed by atoms with Crippen LogP contribution in [0, 0.1) is 13.8 Å². The molecule has 0 aliphatic carbocycles. The maximum atomic E-state index is 13.1. The summed E-state index contributed by atoms with van der Waals surface area (Å²) < 4.78 is 33.0. The van der Waals surface area contributed by atoms with Gasteiger partial charge in [0.1, 0.15) is 10.6 Å². The first kappa shape index (κ1) is 23.3. The third-order valence-electron chi connectivity index (χ3n) is 5.23. The highest BCUT2D eigenvalue weighted by atomic mass is 35.5. The molecule has 2 aromatic carbocycles. The number of aryl methyl sites for hydroxylation is 2. The lowest BCUT2D eigenvalue weighted by Crippen LogP contribution is -2.35. The summed E-state index contributed by atoms with van der Waals surface area (Å²) in [5, 5.41) is 3.26. The Morgan fingerprint density at radius 1 is 1.13 bits per heavy atom. The molecule has 1 aliphatic heterocycles. The van der Waals surface area contributed by atoms with Crippen LogP contribution in [0.3, 0.4) is 0 Å². The van der Waals surface area contributed by atoms with E-state index in [0.29, 0.717) is 29.4 Å². The number of carbonyl (C=O) groups is 1. The zero-order valence-electron chi connectivity index (χ0n) is 17.9. The van der Waals surface area contributed by atoms with Gasteiger partial charge >= 0.3 is 0 Å². The van der Waals surface area contributed by atoms with E-state index >= 15 is 0 Å². The topological polar surface area (TPSA) is 75.7 Å². The molecule has 1 amide bonds. The number of ether oxygens (including phenoxy) is 1. The molecule has 0 bridgehead atoms. The van der Waals surface area contributed by atoms with Crippen molar-refractivity contribution in [3.8, 4) is 5.75 Å². The van der Waals surface area contributed by atoms with E-state index in [1.165, 1.54) is 23.6 Å². The maximum absolute atomic E-state index is 13.1. The summed E-state index contributed by atoms with van der Waals surface area (Å²) in [6.45, 7) is 4.82. The molecule has 1 aliphatic rings. The minimum atomic E-state index is -3.67. The Morgan fingerprint density at radius 3 is 2.48 bits per heavy atom. The van der Waals surface area contributed by atoms with Gasteiger partial charge in [0.15, 0.2) is 0 Å². The molecule has 1 fully saturated rings. The molecule has 8 heteroatoms. The largest absolute Gasteiger partial charge is 0.495 e. The lowest BCUT2D eigenvalue weighted by molar-refractivity contribution is -0.111. The highest BCUT2D eigenvalue weighted by Crippen LogP contribution is 2.30. The van der Waals surface area contributed by atoms with Gasteiger partial charge in [-0.2, -0.15) is 4.31 Å². The second-order valence-corrected chi connectivity index (χ2v) is 9.95. The monoisotopic (exact) mass is 462 g/mol. The number of halogens is 1. The van der Waals surface area contributed by atoms with E-state index in [1.807, 2.05) is 19.9 Å². The summed E-state index contributed by atoms with van der Waals surface area (Å²) in [7, 11) is -2.23. The van der Waals surface area contributed by atoms with Gasteiger partial charge < -0.3 is 10.1 Å². The Kier molecular flexibility index (Phi) is 7.41. The van der Waals surface area contributed by atoms with Crippen LogP contribution in [0.15, 0.2) is 41.3 Å². The number of rotatable bonds is 6. The number of anilines is 1. The zero-order valence-corrected chi connectivity index (χ0v) is 19.5. The minimum Gasteiger partial charge on any atom is -0.495 e. The van der Waals surface area contributed by atoms with Gasteiger partial charge in [0.05, 0.1) is 17.8 Å². The molecule has 6 nitrogen and oxygen atoms in total. The van der Waals surface area contributed by atoms with Crippen molar-refractivity contribution in [1.29, 1.82) is 0 Å². The van der Waals surface area contributed by atoms with E-state index in [9.17, 15) is 13.2 Å². The second-order valence-electron chi connectivity index (χ2n) is 7.64. The van der Waals surface area contributed by atoms with Gasteiger partial charge in [0, 0.05) is 19.2 Å². The summed E-state index contributed by atoms with van der Waals surface area (Å²) in [6.07, 6.45) is 5.66. The Bertz CT molecular complexity index is 1080. The fourth-order valence-electron chi connectivity index (χ4n) is 3.65. The van der Waals surface area contributed by atoms with Gasteiger partial charge in [-0.1, -0.05) is 30.2 Å². The van der Waals surface area contributed by atoms with Crippen LogP contribution in [-0.2, 0) is 14.8 Å². The van der Waals surface area contributed by atoms with Crippen molar-refractivity contribution in [2.75, 3.05) is 25.5 Å². The SMILES string of the molecule is COc1ccc(C=CC(=O)Nc2c(C)cc(C)cc2Cl)cc1S(=O)(=O)N1CCCCC1. The van der Waals surface area contributed by atoms with Crippen molar-refractivity contribution in [3.63, 3.8) is 0 Å². The molecule has 0 saturated carbocycles. The first-order valence-electron chi connectivity index (χ1n) is 10.2. The first-order valence-corrected chi connectivity index (χ1v) is 12.0. The van der Waals surface area contributed by atoms with Crippen molar-refractivity contribution in [2.45, 2.75) is 38.0 Å². The molecule has 31 heavy (non-hydrogen) atoms. The molecule has 3 rings (SSSR count). The Labute approximate surface area is 188 Å². The Balaban J connectivity index is 1.83. The molecule has 2 aromatic rings. The minimum absolute atomic E-state index is 0.108. The van der Waals surface area contributed by atoms with Crippen LogP contribution in [0.5, 0.6) is 5.75 Å². The molecule has 1 saturated heterocycles. The molecule has 0 aromatic heterocycles. The number of piperidine rings is 1. The van der Waals surface area contributed by atoms with Crippen LogP contribution < -0.4 is 10.1 Å². The van der Waals surface area contributed by atoms with Crippen molar-refractivity contribution >= 4 is 39.3 Å². The van der Waals surface area contributed by atoms with E-state index in [2.05, 4.69) is 5.32 Å². The summed E-state index contributed by atoms with van der Waals surface area (Å²) >= 11 is 6.25. The number of nitrogens with zero attached hydrogens (tertiary/aromatic N) is 1. The van der Waals surface area contributed by atoms with Gasteiger partial charge in [-0.15, -0.1) is 0 Å². The van der Waals surface area contributed by atoms with E-state index in [1.54, 1.807) is 24.3 Å². The molecule has 0 unspecified atom stereocenters. The smallest absolute Gasteiger partial charge is 0.248 e. The third kappa shape index (κ3) is 5.47. The summed E-state index contributed by atoms with van der Waals surface area (Å²) in [6, 6.07) is 8.58. The molecule has 0 spiro atoms. The van der Waals surface area contributed by atoms with Gasteiger partial charge in [-0.05, 0) is 67.7 Å². The standard InChI is InChI=1S/C23H27ClN2O4S/c1-16-13-17(2)23(19(24)14-16)25-22(27)10-8-18-7-9-20(30-3)21(15-18)31(28,29)26-11-5-4-6-12-26/h7-10,13-15H,4-6,11-12H2,1-3H3,(H,25,27). The predicted octanol–water partition coefficient (Wildman–Crippen LogP) is 4.79. The fourth-order valence-corrected chi connectivity index (χ4v) is 5.73. The van der Waals surface area contributed by atoms with Crippen LogP contribution >= 0.6 is 11.6 Å². The van der Waals surface area contributed by atoms with Gasteiger partial charge in [0.25, 0.3) is 0 Å². The molecule has 166 valence electrons. The number of amides is 1. The number of sulfonamides is 1. The molecule has 0 radical (unpaired) electrons. The zero-order chi connectivity index (χ0) is 22.6. The molecule has 0 atom stereocenters. The lowest BCUT2D eigenvalue weighted by Gasteiger charge is -2.26. The van der Waals surface area contributed by atoms with Crippen LogP contribution in [0.2, 0.25) is 5.02 Å². The summed E-state index contributed by atoms with van der Waals surface area (Å²) in [5.41, 5.74) is 3.02. The van der Waals surface area contributed by atoms with E-state index in [0.717, 1.165) is 30.4 Å². The number of hydrogen-bond donors (Lipinski definition) is 1. The third-order valence-corrected chi connectivity index (χ3v) is 7.45. The average molecular weight is 463 g/mol. The van der Waals surface area contributed by atoms with E-state index in [-0.39, 0.29) is 16.6 Å². The van der Waals surface area contributed by atoms with Crippen LogP contribution in [0.1, 0.15) is 36.0 Å². The van der Waals surface area contributed by atoms with Crippen molar-refractivity contribution in [2.24, 2.45) is 0 Å². The number of benzene rings is 2. The average Bonchev–Trinajstić information content (AvgIpc) is 2.75. The lowest BCUT2D eigenvalue weighted by atomic mass is 10.1. The predicted molar refractivity (Wildman–Crippen MR) is 124 cm³/mol. The number of methoxy groups -OCH3 is 1. The van der Waals surface area contributed by atoms with Crippen molar-refractivity contribution in [1.82, 2.24) is 4.31 Å². The Hall–Kier alpha value is -2.35. The number of carbonyl (C=O) groups excluding carboxylic acids is 1. The highest BCUT2D eigenvalue weighted by molar-refractivity contribution is 7.89. The quantitative estimate of drug-likeness (QED) is 0.626. The Morgan fingerprint density at radius 2 is 1.84 bits per heavy atom. The van der Waals surface area contributed by atoms with Gasteiger partial charge in [-0.25, -0.2) is 8.42 Å². The summed E-state index contributed by atoms with van der Waals surface area (Å²) in [5.74, 6) is -0.0701.